The highest BCUT2D eigenvalue weighted by Gasteiger charge is 2.21. The molecule has 1 aromatic carbocycles. The van der Waals surface area contributed by atoms with E-state index in [4.69, 9.17) is 0 Å². The summed E-state index contributed by atoms with van der Waals surface area (Å²) >= 11 is 0. The fourth-order valence-corrected chi connectivity index (χ4v) is 3.14. The molecule has 0 bridgehead atoms. The number of anilines is 2. The van der Waals surface area contributed by atoms with Crippen LogP contribution >= 0.6 is 0 Å². The molecule has 0 amide bonds. The number of allylic oxidation sites excluding steroid dienone is 1. The summed E-state index contributed by atoms with van der Waals surface area (Å²) in [4.78, 5) is 26.4. The lowest BCUT2D eigenvalue weighted by Gasteiger charge is -2.18. The van der Waals surface area contributed by atoms with E-state index in [0.29, 0.717) is 28.5 Å². The summed E-state index contributed by atoms with van der Waals surface area (Å²) in [5.74, 6) is 0.824. The van der Waals surface area contributed by atoms with Gasteiger partial charge in [-0.05, 0) is 38.1 Å². The molecular weight excluding hydrogens is 380 g/mol. The number of nitrogens with one attached hydrogen (secondary N) is 1. The molecule has 0 unspecified atom stereocenters. The Bertz CT molecular complexity index is 1270. The standard InChI is InChI=1S/C22H22N6O2/c1-4-13-27-20(29)16-14-23-21(24-15-9-6-5-7-10-15)26-19(16)28(27)18-12-8-11-17(25-18)22(2,3)30/h4-12,14,30H,1,13H2,2-3H3,(H,23,24,26). The molecule has 4 aromatic rings. The maximum absolute atomic E-state index is 13.0. The summed E-state index contributed by atoms with van der Waals surface area (Å²) < 4.78 is 3.13. The molecule has 0 radical (unpaired) electrons. The lowest BCUT2D eigenvalue weighted by atomic mass is 10.1. The summed E-state index contributed by atoms with van der Waals surface area (Å²) in [7, 11) is 0. The number of pyridine rings is 1. The van der Waals surface area contributed by atoms with Crippen molar-refractivity contribution in [1.82, 2.24) is 24.3 Å². The van der Waals surface area contributed by atoms with E-state index in [1.807, 2.05) is 30.3 Å². The first-order valence-corrected chi connectivity index (χ1v) is 9.50. The van der Waals surface area contributed by atoms with Gasteiger partial charge < -0.3 is 10.4 Å². The minimum absolute atomic E-state index is 0.244. The molecule has 8 nitrogen and oxygen atoms in total. The van der Waals surface area contributed by atoms with Gasteiger partial charge in [0.2, 0.25) is 5.95 Å². The van der Waals surface area contributed by atoms with Crippen molar-refractivity contribution < 1.29 is 5.11 Å². The Balaban J connectivity index is 1.92. The zero-order chi connectivity index (χ0) is 21.3. The number of fused-ring (bicyclic) bond motifs is 1. The van der Waals surface area contributed by atoms with Crippen LogP contribution in [-0.2, 0) is 12.1 Å². The van der Waals surface area contributed by atoms with Gasteiger partial charge in [-0.1, -0.05) is 30.3 Å². The number of benzene rings is 1. The topological polar surface area (TPSA) is 97.9 Å². The Kier molecular flexibility index (Phi) is 4.93. The lowest BCUT2D eigenvalue weighted by Crippen LogP contribution is -2.23. The van der Waals surface area contributed by atoms with Crippen molar-refractivity contribution in [2.24, 2.45) is 0 Å². The van der Waals surface area contributed by atoms with Crippen molar-refractivity contribution in [2.75, 3.05) is 5.32 Å². The van der Waals surface area contributed by atoms with Crippen LogP contribution in [-0.4, -0.2) is 29.4 Å². The number of aromatic nitrogens is 5. The molecule has 3 heterocycles. The minimum Gasteiger partial charge on any atom is -0.384 e. The Morgan fingerprint density at radius 3 is 2.60 bits per heavy atom. The summed E-state index contributed by atoms with van der Waals surface area (Å²) in [5, 5.41) is 13.9. The maximum Gasteiger partial charge on any atom is 0.278 e. The first kappa shape index (κ1) is 19.5. The van der Waals surface area contributed by atoms with Gasteiger partial charge >= 0.3 is 0 Å². The molecule has 30 heavy (non-hydrogen) atoms. The zero-order valence-corrected chi connectivity index (χ0v) is 16.8. The fraction of sp³-hybridized carbons (Fsp3) is 0.182. The second kappa shape index (κ2) is 7.57. The molecule has 152 valence electrons. The lowest BCUT2D eigenvalue weighted by molar-refractivity contribution is 0.0738. The molecule has 0 aliphatic heterocycles. The van der Waals surface area contributed by atoms with Crippen molar-refractivity contribution in [3.8, 4) is 5.82 Å². The largest absolute Gasteiger partial charge is 0.384 e. The second-order valence-corrected chi connectivity index (χ2v) is 7.35. The number of nitrogens with zero attached hydrogens (tertiary/aromatic N) is 5. The molecule has 0 atom stereocenters. The van der Waals surface area contributed by atoms with Gasteiger partial charge in [-0.15, -0.1) is 6.58 Å². The van der Waals surface area contributed by atoms with Gasteiger partial charge in [0.25, 0.3) is 5.56 Å². The predicted molar refractivity (Wildman–Crippen MR) is 116 cm³/mol. The van der Waals surface area contributed by atoms with Gasteiger partial charge in [-0.2, -0.15) is 4.98 Å². The Morgan fingerprint density at radius 2 is 1.90 bits per heavy atom. The van der Waals surface area contributed by atoms with Crippen LogP contribution in [0.2, 0.25) is 0 Å². The van der Waals surface area contributed by atoms with Crippen LogP contribution in [0.1, 0.15) is 19.5 Å². The molecule has 0 fully saturated rings. The van der Waals surface area contributed by atoms with Crippen LogP contribution in [0.3, 0.4) is 0 Å². The normalized spacial score (nSPS) is 11.6. The molecular formula is C22H22N6O2. The van der Waals surface area contributed by atoms with Crippen LogP contribution in [0.15, 0.2) is 72.2 Å². The van der Waals surface area contributed by atoms with Crippen LogP contribution in [0.25, 0.3) is 16.9 Å². The maximum atomic E-state index is 13.0. The number of hydrogen-bond donors (Lipinski definition) is 2. The van der Waals surface area contributed by atoms with Gasteiger partial charge in [0.15, 0.2) is 11.5 Å². The van der Waals surface area contributed by atoms with E-state index in [1.54, 1.807) is 42.8 Å². The average molecular weight is 402 g/mol. The van der Waals surface area contributed by atoms with E-state index in [0.717, 1.165) is 5.69 Å². The van der Waals surface area contributed by atoms with Gasteiger partial charge in [0.05, 0.1) is 12.2 Å². The Labute approximate surface area is 173 Å². The molecule has 4 rings (SSSR count). The Morgan fingerprint density at radius 1 is 1.13 bits per heavy atom. The summed E-state index contributed by atoms with van der Waals surface area (Å²) in [6, 6.07) is 14.8. The van der Waals surface area contributed by atoms with Crippen molar-refractivity contribution in [3.05, 3.63) is 83.4 Å². The van der Waals surface area contributed by atoms with E-state index in [2.05, 4.69) is 26.8 Å². The van der Waals surface area contributed by atoms with E-state index < -0.39 is 5.60 Å². The van der Waals surface area contributed by atoms with E-state index in [9.17, 15) is 9.90 Å². The third-order valence-corrected chi connectivity index (χ3v) is 4.59. The zero-order valence-electron chi connectivity index (χ0n) is 16.8. The number of aliphatic hydroxyl groups is 1. The average Bonchev–Trinajstić information content (AvgIpc) is 3.00. The summed E-state index contributed by atoms with van der Waals surface area (Å²) in [6.45, 7) is 7.34. The second-order valence-electron chi connectivity index (χ2n) is 7.35. The molecule has 0 saturated heterocycles. The third kappa shape index (κ3) is 3.60. The number of hydrogen-bond acceptors (Lipinski definition) is 6. The van der Waals surface area contributed by atoms with Crippen molar-refractivity contribution in [1.29, 1.82) is 0 Å². The van der Waals surface area contributed by atoms with E-state index in [1.165, 1.54) is 10.9 Å². The first-order chi connectivity index (χ1) is 14.4. The number of para-hydroxylation sites is 1. The minimum atomic E-state index is -1.13. The van der Waals surface area contributed by atoms with Crippen LogP contribution < -0.4 is 10.9 Å². The van der Waals surface area contributed by atoms with Crippen LogP contribution in [0, 0.1) is 0 Å². The summed E-state index contributed by atoms with van der Waals surface area (Å²) in [5.41, 5.74) is 0.356. The predicted octanol–water partition coefficient (Wildman–Crippen LogP) is 3.13. The highest BCUT2D eigenvalue weighted by atomic mass is 16.3. The van der Waals surface area contributed by atoms with E-state index >= 15 is 0 Å². The monoisotopic (exact) mass is 402 g/mol. The SMILES string of the molecule is C=CCn1c(=O)c2cnc(Nc3ccccc3)nc2n1-c1cccc(C(C)(C)O)n1. The van der Waals surface area contributed by atoms with E-state index in [-0.39, 0.29) is 12.1 Å². The van der Waals surface area contributed by atoms with Crippen molar-refractivity contribution in [3.63, 3.8) is 0 Å². The van der Waals surface area contributed by atoms with Crippen molar-refractivity contribution in [2.45, 2.75) is 26.0 Å². The fourth-order valence-electron chi connectivity index (χ4n) is 3.14. The van der Waals surface area contributed by atoms with Crippen LogP contribution in [0.5, 0.6) is 0 Å². The molecule has 0 spiro atoms. The Hall–Kier alpha value is -3.78. The number of rotatable bonds is 6. The van der Waals surface area contributed by atoms with Gasteiger partial charge in [-0.3, -0.25) is 4.79 Å². The van der Waals surface area contributed by atoms with Gasteiger partial charge in [-0.25, -0.2) is 19.3 Å². The molecule has 0 aliphatic carbocycles. The molecule has 3 aromatic heterocycles. The smallest absolute Gasteiger partial charge is 0.278 e. The van der Waals surface area contributed by atoms with Crippen LogP contribution in [0.4, 0.5) is 11.6 Å². The van der Waals surface area contributed by atoms with Crippen molar-refractivity contribution >= 4 is 22.7 Å². The summed E-state index contributed by atoms with van der Waals surface area (Å²) in [6.07, 6.45) is 3.14. The third-order valence-electron chi connectivity index (χ3n) is 4.59. The van der Waals surface area contributed by atoms with Gasteiger partial charge in [0.1, 0.15) is 11.0 Å². The first-order valence-electron chi connectivity index (χ1n) is 9.50. The molecule has 2 N–H and O–H groups in total. The molecule has 0 saturated carbocycles. The highest BCUT2D eigenvalue weighted by molar-refractivity contribution is 5.77. The molecule has 0 aliphatic rings. The quantitative estimate of drug-likeness (QED) is 0.481. The highest BCUT2D eigenvalue weighted by Crippen LogP contribution is 2.21. The molecule has 8 heteroatoms. The van der Waals surface area contributed by atoms with Gasteiger partial charge in [0, 0.05) is 11.9 Å².